The number of amides is 1. The van der Waals surface area contributed by atoms with Gasteiger partial charge in [0.2, 0.25) is 0 Å². The second kappa shape index (κ2) is 8.98. The number of nitrogens with one attached hydrogen (secondary N) is 2. The molecular weight excluding hydrogens is 362 g/mol. The molecule has 1 amide bonds. The van der Waals surface area contributed by atoms with Gasteiger partial charge in [0.1, 0.15) is 12.0 Å². The molecule has 0 bridgehead atoms. The summed E-state index contributed by atoms with van der Waals surface area (Å²) >= 11 is 0. The number of piperidine rings is 1. The number of nitrogens with two attached hydrogens (primary N) is 1. The molecule has 2 aromatic rings. The summed E-state index contributed by atoms with van der Waals surface area (Å²) in [7, 11) is 0. The number of rotatable bonds is 6. The number of carbonyl (C=O) groups excluding carboxylic acids is 2. The smallest absolute Gasteiger partial charge is 0.310 e. The van der Waals surface area contributed by atoms with Gasteiger partial charge in [0.05, 0.1) is 12.5 Å². The zero-order valence-electron chi connectivity index (χ0n) is 15.6. The highest BCUT2D eigenvalue weighted by Crippen LogP contribution is 2.29. The number of pyridine rings is 1. The molecule has 4 N–H and O–H groups in total. The molecule has 1 unspecified atom stereocenters. The lowest BCUT2D eigenvalue weighted by atomic mass is 9.98. The highest BCUT2D eigenvalue weighted by atomic mass is 16.5. The zero-order valence-corrected chi connectivity index (χ0v) is 15.6. The number of carbonyl (C=O) groups is 2. The van der Waals surface area contributed by atoms with Gasteiger partial charge >= 0.3 is 5.97 Å². The van der Waals surface area contributed by atoms with Crippen LogP contribution >= 0.6 is 0 Å². The van der Waals surface area contributed by atoms with Crippen LogP contribution in [0.25, 0.3) is 0 Å². The molecule has 148 valence electrons. The first-order valence-electron chi connectivity index (χ1n) is 9.08. The third-order valence-electron chi connectivity index (χ3n) is 4.44. The molecule has 0 radical (unpaired) electrons. The maximum Gasteiger partial charge on any atom is 0.310 e. The van der Waals surface area contributed by atoms with Crippen molar-refractivity contribution >= 4 is 29.2 Å². The summed E-state index contributed by atoms with van der Waals surface area (Å²) in [6, 6.07) is 3.18. The molecule has 1 saturated heterocycles. The number of hydrogen-bond acceptors (Lipinski definition) is 9. The Bertz CT molecular complexity index is 831. The van der Waals surface area contributed by atoms with Crippen LogP contribution in [-0.2, 0) is 9.53 Å². The van der Waals surface area contributed by atoms with E-state index in [-0.39, 0.29) is 23.6 Å². The van der Waals surface area contributed by atoms with Crippen LogP contribution in [-0.4, -0.2) is 46.5 Å². The van der Waals surface area contributed by atoms with Gasteiger partial charge in [-0.1, -0.05) is 0 Å². The fourth-order valence-electron chi connectivity index (χ4n) is 3.05. The van der Waals surface area contributed by atoms with Crippen LogP contribution in [0.1, 0.15) is 30.1 Å². The Labute approximate surface area is 162 Å². The zero-order chi connectivity index (χ0) is 19.9. The van der Waals surface area contributed by atoms with Crippen molar-refractivity contribution in [3.05, 3.63) is 36.4 Å². The molecular formula is C18H23N7O3. The number of aromatic nitrogens is 3. The standard InChI is InChI=1S/C18H23N7O3/c1-2-28-18(27)13-4-3-9-25(10-13)16-14(19)15(21-11-22-16)23-24-17(26)12-5-7-20-8-6-12/h5-8,11,13H,2-4,9-10,19H2,1H3,(H,24,26)(H,21,22,23). The molecule has 0 spiro atoms. The second-order valence-corrected chi connectivity index (χ2v) is 6.31. The van der Waals surface area contributed by atoms with Crippen molar-refractivity contribution in [3.63, 3.8) is 0 Å². The summed E-state index contributed by atoms with van der Waals surface area (Å²) in [5.74, 6) is 0.0336. The number of nitrogens with zero attached hydrogens (tertiary/aromatic N) is 4. The first kappa shape index (κ1) is 19.3. The van der Waals surface area contributed by atoms with Crippen molar-refractivity contribution in [3.8, 4) is 0 Å². The lowest BCUT2D eigenvalue weighted by Gasteiger charge is -2.33. The minimum absolute atomic E-state index is 0.206. The van der Waals surface area contributed by atoms with Gasteiger partial charge in [-0.25, -0.2) is 9.97 Å². The van der Waals surface area contributed by atoms with Gasteiger partial charge in [-0.05, 0) is 31.9 Å². The molecule has 1 atom stereocenters. The maximum atomic E-state index is 12.1. The summed E-state index contributed by atoms with van der Waals surface area (Å²) in [5.41, 5.74) is 12.2. The van der Waals surface area contributed by atoms with Crippen LogP contribution in [0, 0.1) is 5.92 Å². The number of esters is 1. The lowest BCUT2D eigenvalue weighted by Crippen LogP contribution is -2.40. The molecule has 3 rings (SSSR count). The Balaban J connectivity index is 1.68. The highest BCUT2D eigenvalue weighted by molar-refractivity contribution is 5.95. The molecule has 0 aliphatic carbocycles. The molecule has 2 aromatic heterocycles. The quantitative estimate of drug-likeness (QED) is 0.491. The van der Waals surface area contributed by atoms with Gasteiger partial charge in [-0.3, -0.25) is 25.4 Å². The minimum Gasteiger partial charge on any atom is -0.466 e. The van der Waals surface area contributed by atoms with E-state index in [1.807, 2.05) is 4.90 Å². The maximum absolute atomic E-state index is 12.1. The Morgan fingerprint density at radius 2 is 2.11 bits per heavy atom. The summed E-state index contributed by atoms with van der Waals surface area (Å²) in [5, 5.41) is 0. The van der Waals surface area contributed by atoms with Crippen LogP contribution in [0.3, 0.4) is 0 Å². The topological polar surface area (TPSA) is 135 Å². The summed E-state index contributed by atoms with van der Waals surface area (Å²) in [4.78, 5) is 38.4. The number of anilines is 3. The second-order valence-electron chi connectivity index (χ2n) is 6.31. The third kappa shape index (κ3) is 4.45. The number of ether oxygens (including phenoxy) is 1. The summed E-state index contributed by atoms with van der Waals surface area (Å²) < 4.78 is 5.13. The SMILES string of the molecule is CCOC(=O)C1CCCN(c2ncnc(NNC(=O)c3ccncc3)c2N)C1. The van der Waals surface area contributed by atoms with Crippen LogP contribution in [0.5, 0.6) is 0 Å². The fourth-order valence-corrected chi connectivity index (χ4v) is 3.05. The average molecular weight is 385 g/mol. The van der Waals surface area contributed by atoms with E-state index in [2.05, 4.69) is 25.8 Å². The fraction of sp³-hybridized carbons (Fsp3) is 0.389. The van der Waals surface area contributed by atoms with E-state index in [4.69, 9.17) is 10.5 Å². The van der Waals surface area contributed by atoms with E-state index in [9.17, 15) is 9.59 Å². The summed E-state index contributed by atoms with van der Waals surface area (Å²) in [6.45, 7) is 3.35. The van der Waals surface area contributed by atoms with E-state index < -0.39 is 0 Å². The largest absolute Gasteiger partial charge is 0.466 e. The summed E-state index contributed by atoms with van der Waals surface area (Å²) in [6.07, 6.45) is 6.02. The van der Waals surface area contributed by atoms with Crippen molar-refractivity contribution in [2.24, 2.45) is 5.92 Å². The van der Waals surface area contributed by atoms with Gasteiger partial charge in [-0.15, -0.1) is 0 Å². The van der Waals surface area contributed by atoms with E-state index in [0.29, 0.717) is 30.2 Å². The minimum atomic E-state index is -0.345. The van der Waals surface area contributed by atoms with Crippen LogP contribution in [0.15, 0.2) is 30.9 Å². The van der Waals surface area contributed by atoms with Gasteiger partial charge in [0, 0.05) is 31.0 Å². The van der Waals surface area contributed by atoms with Crippen LogP contribution < -0.4 is 21.5 Å². The van der Waals surface area contributed by atoms with E-state index >= 15 is 0 Å². The lowest BCUT2D eigenvalue weighted by molar-refractivity contribution is -0.148. The molecule has 0 saturated carbocycles. The Morgan fingerprint density at radius 1 is 1.32 bits per heavy atom. The average Bonchev–Trinajstić information content (AvgIpc) is 2.73. The molecule has 10 heteroatoms. The molecule has 10 nitrogen and oxygen atoms in total. The molecule has 3 heterocycles. The van der Waals surface area contributed by atoms with Gasteiger partial charge < -0.3 is 15.4 Å². The van der Waals surface area contributed by atoms with Crippen molar-refractivity contribution in [1.82, 2.24) is 20.4 Å². The Morgan fingerprint density at radius 3 is 2.86 bits per heavy atom. The van der Waals surface area contributed by atoms with Crippen molar-refractivity contribution in [2.75, 3.05) is 35.8 Å². The molecule has 1 aliphatic heterocycles. The molecule has 28 heavy (non-hydrogen) atoms. The number of hydrogen-bond donors (Lipinski definition) is 3. The van der Waals surface area contributed by atoms with Crippen LogP contribution in [0.2, 0.25) is 0 Å². The first-order chi connectivity index (χ1) is 13.6. The number of hydrazine groups is 1. The first-order valence-corrected chi connectivity index (χ1v) is 9.08. The van der Waals surface area contributed by atoms with Gasteiger partial charge in [-0.2, -0.15) is 0 Å². The molecule has 1 aliphatic rings. The Hall–Kier alpha value is -3.43. The third-order valence-corrected chi connectivity index (χ3v) is 4.44. The predicted molar refractivity (Wildman–Crippen MR) is 103 cm³/mol. The van der Waals surface area contributed by atoms with E-state index in [1.54, 1.807) is 19.1 Å². The molecule has 1 fully saturated rings. The van der Waals surface area contributed by atoms with Gasteiger partial charge in [0.25, 0.3) is 5.91 Å². The molecule has 0 aromatic carbocycles. The van der Waals surface area contributed by atoms with Crippen molar-refractivity contribution in [1.29, 1.82) is 0 Å². The van der Waals surface area contributed by atoms with E-state index in [1.165, 1.54) is 18.7 Å². The predicted octanol–water partition coefficient (Wildman–Crippen LogP) is 0.990. The van der Waals surface area contributed by atoms with Crippen molar-refractivity contribution in [2.45, 2.75) is 19.8 Å². The normalized spacial score (nSPS) is 16.3. The Kier molecular flexibility index (Phi) is 6.20. The van der Waals surface area contributed by atoms with E-state index in [0.717, 1.165) is 19.4 Å². The van der Waals surface area contributed by atoms with Crippen molar-refractivity contribution < 1.29 is 14.3 Å². The highest BCUT2D eigenvalue weighted by Gasteiger charge is 2.29. The van der Waals surface area contributed by atoms with Crippen LogP contribution in [0.4, 0.5) is 17.3 Å². The monoisotopic (exact) mass is 385 g/mol. The number of nitrogen functional groups attached to an aromatic ring is 1. The van der Waals surface area contributed by atoms with Gasteiger partial charge in [0.15, 0.2) is 11.6 Å².